The van der Waals surface area contributed by atoms with Crippen LogP contribution >= 0.6 is 0 Å². The Balaban J connectivity index is 2.21. The van der Waals surface area contributed by atoms with E-state index in [-0.39, 0.29) is 11.3 Å². The van der Waals surface area contributed by atoms with Crippen molar-refractivity contribution in [3.8, 4) is 6.07 Å². The second-order valence-corrected chi connectivity index (χ2v) is 4.38. The number of hydrogen-bond acceptors (Lipinski definition) is 2. The molecular formula is C13H11F2NO. The summed E-state index contributed by atoms with van der Waals surface area (Å²) in [6.45, 7) is 0. The molecule has 1 aromatic rings. The number of halogens is 2. The van der Waals surface area contributed by atoms with Crippen LogP contribution < -0.4 is 0 Å². The van der Waals surface area contributed by atoms with Gasteiger partial charge < -0.3 is 0 Å². The molecule has 0 aromatic heterocycles. The lowest BCUT2D eigenvalue weighted by Crippen LogP contribution is -2.12. The van der Waals surface area contributed by atoms with Crippen LogP contribution in [0.2, 0.25) is 0 Å². The summed E-state index contributed by atoms with van der Waals surface area (Å²) >= 11 is 0. The van der Waals surface area contributed by atoms with E-state index in [1.807, 2.05) is 6.07 Å². The predicted octanol–water partition coefficient (Wildman–Crippen LogP) is 2.94. The highest BCUT2D eigenvalue weighted by Crippen LogP contribution is 2.34. The Morgan fingerprint density at radius 3 is 2.41 bits per heavy atom. The van der Waals surface area contributed by atoms with Crippen molar-refractivity contribution in [3.05, 3.63) is 35.4 Å². The van der Waals surface area contributed by atoms with Crippen molar-refractivity contribution in [1.82, 2.24) is 0 Å². The third-order valence-corrected chi connectivity index (χ3v) is 2.86. The van der Waals surface area contributed by atoms with Crippen molar-refractivity contribution in [2.45, 2.75) is 25.2 Å². The summed E-state index contributed by atoms with van der Waals surface area (Å²) in [7, 11) is 0. The van der Waals surface area contributed by atoms with Gasteiger partial charge >= 0.3 is 0 Å². The fourth-order valence-corrected chi connectivity index (χ4v) is 1.80. The fraction of sp³-hybridized carbons (Fsp3) is 0.385. The second-order valence-electron chi connectivity index (χ2n) is 4.38. The SMILES string of the molecule is N#CC(C(=O)CC1CC1)c1cc(F)cc(F)c1. The topological polar surface area (TPSA) is 40.9 Å². The Bertz CT molecular complexity index is 468. The fourth-order valence-electron chi connectivity index (χ4n) is 1.80. The molecule has 17 heavy (non-hydrogen) atoms. The van der Waals surface area contributed by atoms with Crippen LogP contribution in [0.4, 0.5) is 8.78 Å². The van der Waals surface area contributed by atoms with E-state index >= 15 is 0 Å². The Morgan fingerprint density at radius 1 is 1.35 bits per heavy atom. The maximum absolute atomic E-state index is 13.0. The van der Waals surface area contributed by atoms with Crippen molar-refractivity contribution in [2.24, 2.45) is 5.92 Å². The monoisotopic (exact) mass is 235 g/mol. The third kappa shape index (κ3) is 2.88. The van der Waals surface area contributed by atoms with E-state index in [9.17, 15) is 13.6 Å². The van der Waals surface area contributed by atoms with Gasteiger partial charge in [0, 0.05) is 12.5 Å². The van der Waals surface area contributed by atoms with Gasteiger partial charge in [0.25, 0.3) is 0 Å². The van der Waals surface area contributed by atoms with Crippen molar-refractivity contribution in [3.63, 3.8) is 0 Å². The molecule has 0 amide bonds. The molecule has 0 N–H and O–H groups in total. The smallest absolute Gasteiger partial charge is 0.154 e. The van der Waals surface area contributed by atoms with Gasteiger partial charge in [-0.2, -0.15) is 5.26 Å². The molecule has 4 heteroatoms. The van der Waals surface area contributed by atoms with Crippen LogP contribution in [0.5, 0.6) is 0 Å². The van der Waals surface area contributed by atoms with E-state index in [1.165, 1.54) is 0 Å². The normalized spacial score (nSPS) is 16.3. The van der Waals surface area contributed by atoms with E-state index in [1.54, 1.807) is 0 Å². The van der Waals surface area contributed by atoms with E-state index in [0.29, 0.717) is 12.3 Å². The first-order valence-electron chi connectivity index (χ1n) is 5.48. The first kappa shape index (κ1) is 11.7. The molecule has 0 aliphatic heterocycles. The number of carbonyl (C=O) groups excluding carboxylic acids is 1. The van der Waals surface area contributed by atoms with Gasteiger partial charge in [-0.1, -0.05) is 0 Å². The number of nitrogens with zero attached hydrogens (tertiary/aromatic N) is 1. The average molecular weight is 235 g/mol. The molecule has 0 saturated heterocycles. The van der Waals surface area contributed by atoms with Gasteiger partial charge in [-0.15, -0.1) is 0 Å². The van der Waals surface area contributed by atoms with Crippen LogP contribution in [0.1, 0.15) is 30.7 Å². The quantitative estimate of drug-likeness (QED) is 0.805. The molecule has 0 radical (unpaired) electrons. The minimum absolute atomic E-state index is 0.107. The molecule has 1 fully saturated rings. The van der Waals surface area contributed by atoms with Crippen molar-refractivity contribution < 1.29 is 13.6 Å². The zero-order chi connectivity index (χ0) is 12.4. The zero-order valence-corrected chi connectivity index (χ0v) is 9.12. The Morgan fingerprint density at radius 2 is 1.94 bits per heavy atom. The Labute approximate surface area is 97.9 Å². The number of Topliss-reactive ketones (excluding diaryl/α,β-unsaturated/α-hetero) is 1. The molecule has 1 atom stereocenters. The molecule has 0 bridgehead atoms. The molecule has 2 rings (SSSR count). The summed E-state index contributed by atoms with van der Waals surface area (Å²) in [6.07, 6.45) is 2.33. The standard InChI is InChI=1S/C13H11F2NO/c14-10-4-9(5-11(15)6-10)12(7-16)13(17)3-8-1-2-8/h4-6,8,12H,1-3H2. The molecule has 0 heterocycles. The van der Waals surface area contributed by atoms with Crippen molar-refractivity contribution in [1.29, 1.82) is 5.26 Å². The molecule has 0 spiro atoms. The summed E-state index contributed by atoms with van der Waals surface area (Å²) in [5.41, 5.74) is 0.107. The minimum atomic E-state index is -1.05. The molecule has 1 unspecified atom stereocenters. The highest BCUT2D eigenvalue weighted by molar-refractivity contribution is 5.88. The first-order chi connectivity index (χ1) is 8.10. The van der Waals surface area contributed by atoms with Gasteiger partial charge in [-0.05, 0) is 36.5 Å². The minimum Gasteiger partial charge on any atom is -0.298 e. The zero-order valence-electron chi connectivity index (χ0n) is 9.12. The van der Waals surface area contributed by atoms with Gasteiger partial charge in [-0.25, -0.2) is 8.78 Å². The number of nitriles is 1. The van der Waals surface area contributed by atoms with Gasteiger partial charge in [0.1, 0.15) is 17.6 Å². The van der Waals surface area contributed by atoms with E-state index in [4.69, 9.17) is 5.26 Å². The molecule has 1 aliphatic carbocycles. The molecule has 88 valence electrons. The van der Waals surface area contributed by atoms with E-state index in [0.717, 1.165) is 31.0 Å². The van der Waals surface area contributed by atoms with Crippen LogP contribution in [0.3, 0.4) is 0 Å². The van der Waals surface area contributed by atoms with Crippen LogP contribution in [0.25, 0.3) is 0 Å². The van der Waals surface area contributed by atoms with Crippen LogP contribution in [-0.2, 0) is 4.79 Å². The van der Waals surface area contributed by atoms with Gasteiger partial charge in [0.15, 0.2) is 5.78 Å². The van der Waals surface area contributed by atoms with E-state index in [2.05, 4.69) is 0 Å². The van der Waals surface area contributed by atoms with E-state index < -0.39 is 17.6 Å². The van der Waals surface area contributed by atoms with Gasteiger partial charge in [0.2, 0.25) is 0 Å². The van der Waals surface area contributed by atoms with Gasteiger partial charge in [-0.3, -0.25) is 4.79 Å². The van der Waals surface area contributed by atoms with Crippen molar-refractivity contribution >= 4 is 5.78 Å². The molecular weight excluding hydrogens is 224 g/mol. The molecule has 2 nitrogen and oxygen atoms in total. The number of rotatable bonds is 4. The van der Waals surface area contributed by atoms with Crippen LogP contribution in [0.15, 0.2) is 18.2 Å². The molecule has 1 saturated carbocycles. The molecule has 1 aromatic carbocycles. The second kappa shape index (κ2) is 4.62. The number of hydrogen-bond donors (Lipinski definition) is 0. The average Bonchev–Trinajstić information content (AvgIpc) is 3.01. The lowest BCUT2D eigenvalue weighted by atomic mass is 9.93. The van der Waals surface area contributed by atoms with Crippen LogP contribution in [0, 0.1) is 28.9 Å². The summed E-state index contributed by atoms with van der Waals surface area (Å²) in [6, 6.07) is 4.64. The molecule has 1 aliphatic rings. The summed E-state index contributed by atoms with van der Waals surface area (Å²) < 4.78 is 26.0. The maximum Gasteiger partial charge on any atom is 0.154 e. The van der Waals surface area contributed by atoms with Crippen molar-refractivity contribution in [2.75, 3.05) is 0 Å². The lowest BCUT2D eigenvalue weighted by Gasteiger charge is -2.08. The largest absolute Gasteiger partial charge is 0.298 e. The number of ketones is 1. The Kier molecular flexibility index (Phi) is 3.19. The predicted molar refractivity (Wildman–Crippen MR) is 57.1 cm³/mol. The Hall–Kier alpha value is -1.76. The third-order valence-electron chi connectivity index (χ3n) is 2.86. The van der Waals surface area contributed by atoms with Crippen LogP contribution in [-0.4, -0.2) is 5.78 Å². The number of benzene rings is 1. The first-order valence-corrected chi connectivity index (χ1v) is 5.48. The summed E-state index contributed by atoms with van der Waals surface area (Å²) in [4.78, 5) is 11.8. The van der Waals surface area contributed by atoms with Gasteiger partial charge in [0.05, 0.1) is 6.07 Å². The summed E-state index contributed by atoms with van der Waals surface area (Å²) in [5, 5.41) is 8.95. The highest BCUT2D eigenvalue weighted by atomic mass is 19.1. The lowest BCUT2D eigenvalue weighted by molar-refractivity contribution is -0.119. The maximum atomic E-state index is 13.0. The highest BCUT2D eigenvalue weighted by Gasteiger charge is 2.29. The number of carbonyl (C=O) groups is 1. The summed E-state index contributed by atoms with van der Waals surface area (Å²) in [5.74, 6) is -2.48.